The van der Waals surface area contributed by atoms with Crippen LogP contribution in [-0.2, 0) is 0 Å². The second kappa shape index (κ2) is 6.59. The zero-order chi connectivity index (χ0) is 17.1. The quantitative estimate of drug-likeness (QED) is 0.817. The first-order chi connectivity index (χ1) is 11.6. The van der Waals surface area contributed by atoms with E-state index in [0.29, 0.717) is 0 Å². The molecule has 3 heteroatoms. The molecule has 0 spiro atoms. The minimum Gasteiger partial charge on any atom is -0.399 e. The van der Waals surface area contributed by atoms with Gasteiger partial charge in [-0.3, -0.25) is 4.99 Å². The predicted molar refractivity (Wildman–Crippen MR) is 104 cm³/mol. The average Bonchev–Trinajstić information content (AvgIpc) is 2.60. The van der Waals surface area contributed by atoms with Crippen LogP contribution < -0.4 is 11.5 Å². The lowest BCUT2D eigenvalue weighted by Crippen LogP contribution is -1.99. The van der Waals surface area contributed by atoms with Crippen LogP contribution in [0.3, 0.4) is 0 Å². The molecule has 0 radical (unpaired) electrons. The number of benzene rings is 2. The van der Waals surface area contributed by atoms with Crippen LogP contribution in [0.1, 0.15) is 16.7 Å². The van der Waals surface area contributed by atoms with Crippen molar-refractivity contribution in [1.82, 2.24) is 0 Å². The van der Waals surface area contributed by atoms with Crippen molar-refractivity contribution in [3.8, 4) is 0 Å². The van der Waals surface area contributed by atoms with Crippen LogP contribution in [0.2, 0.25) is 0 Å². The van der Waals surface area contributed by atoms with Crippen LogP contribution in [0.5, 0.6) is 0 Å². The maximum absolute atomic E-state index is 5.99. The topological polar surface area (TPSA) is 64.4 Å². The van der Waals surface area contributed by atoms with Crippen molar-refractivity contribution in [3.63, 3.8) is 0 Å². The number of nitrogens with two attached hydrogens (primary N) is 2. The Labute approximate surface area is 142 Å². The Bertz CT molecular complexity index is 864. The molecule has 0 fully saturated rings. The summed E-state index contributed by atoms with van der Waals surface area (Å²) >= 11 is 0. The molecule has 1 aliphatic carbocycles. The third-order valence-electron chi connectivity index (χ3n) is 4.17. The normalized spacial score (nSPS) is 13.2. The molecule has 0 aliphatic heterocycles. The number of aliphatic imine (C=N–C) groups is 1. The average molecular weight is 315 g/mol. The SMILES string of the molecule is CN=C1C=CC(=C(c2ccc(N)cc2)c2ccc(N)c(C)c2)C=C1. The molecule has 3 rings (SSSR count). The highest BCUT2D eigenvalue weighted by molar-refractivity contribution is 6.07. The van der Waals surface area contributed by atoms with E-state index < -0.39 is 0 Å². The van der Waals surface area contributed by atoms with E-state index in [-0.39, 0.29) is 0 Å². The molecule has 0 aromatic heterocycles. The third-order valence-corrected chi connectivity index (χ3v) is 4.17. The van der Waals surface area contributed by atoms with Crippen LogP contribution in [-0.4, -0.2) is 12.8 Å². The van der Waals surface area contributed by atoms with Gasteiger partial charge in [-0.2, -0.15) is 0 Å². The summed E-state index contributed by atoms with van der Waals surface area (Å²) in [7, 11) is 1.79. The summed E-state index contributed by atoms with van der Waals surface area (Å²) in [5.41, 5.74) is 20.0. The van der Waals surface area contributed by atoms with Crippen molar-refractivity contribution in [1.29, 1.82) is 0 Å². The molecule has 2 aromatic carbocycles. The first-order valence-electron chi connectivity index (χ1n) is 7.88. The van der Waals surface area contributed by atoms with Gasteiger partial charge in [-0.1, -0.05) is 30.4 Å². The molecular weight excluding hydrogens is 294 g/mol. The Morgan fingerprint density at radius 2 is 1.46 bits per heavy atom. The maximum atomic E-state index is 5.99. The van der Waals surface area contributed by atoms with Crippen molar-refractivity contribution in [3.05, 3.63) is 89.0 Å². The fourth-order valence-corrected chi connectivity index (χ4v) is 2.76. The van der Waals surface area contributed by atoms with Gasteiger partial charge < -0.3 is 11.5 Å². The van der Waals surface area contributed by atoms with Gasteiger partial charge in [-0.05, 0) is 71.2 Å². The van der Waals surface area contributed by atoms with Crippen LogP contribution in [0.15, 0.2) is 77.3 Å². The number of nitrogen functional groups attached to an aromatic ring is 2. The molecular formula is C21H21N3. The number of aryl methyl sites for hydroxylation is 1. The molecule has 2 aromatic rings. The molecule has 1 aliphatic rings. The Hall–Kier alpha value is -3.07. The third kappa shape index (κ3) is 3.15. The smallest absolute Gasteiger partial charge is 0.0571 e. The molecule has 0 amide bonds. The highest BCUT2D eigenvalue weighted by Gasteiger charge is 2.12. The van der Waals surface area contributed by atoms with E-state index in [0.717, 1.165) is 44.9 Å². The van der Waals surface area contributed by atoms with Crippen LogP contribution >= 0.6 is 0 Å². The lowest BCUT2D eigenvalue weighted by molar-refractivity contribution is 1.42. The van der Waals surface area contributed by atoms with Crippen molar-refractivity contribution in [2.24, 2.45) is 4.99 Å². The van der Waals surface area contributed by atoms with E-state index in [1.54, 1.807) is 7.05 Å². The fourth-order valence-electron chi connectivity index (χ4n) is 2.76. The predicted octanol–water partition coefficient (Wildman–Crippen LogP) is 4.16. The molecule has 24 heavy (non-hydrogen) atoms. The molecule has 0 saturated carbocycles. The van der Waals surface area contributed by atoms with Crippen molar-refractivity contribution in [2.75, 3.05) is 18.5 Å². The number of allylic oxidation sites excluding steroid dienone is 5. The second-order valence-electron chi connectivity index (χ2n) is 5.84. The van der Waals surface area contributed by atoms with E-state index in [4.69, 9.17) is 11.5 Å². The number of nitrogens with zero attached hydrogens (tertiary/aromatic N) is 1. The summed E-state index contributed by atoms with van der Waals surface area (Å²) in [5, 5.41) is 0. The summed E-state index contributed by atoms with van der Waals surface area (Å²) in [4.78, 5) is 4.21. The zero-order valence-electron chi connectivity index (χ0n) is 14.0. The highest BCUT2D eigenvalue weighted by atomic mass is 14.7. The standard InChI is InChI=1S/C21H21N3/c1-14-13-17(7-12-20(14)23)21(15-3-8-18(22)9-4-15)16-5-10-19(24-2)11-6-16/h3-13H,22-23H2,1-2H3. The molecule has 0 atom stereocenters. The minimum absolute atomic E-state index is 0.756. The number of anilines is 2. The van der Waals surface area contributed by atoms with Gasteiger partial charge in [0.15, 0.2) is 0 Å². The van der Waals surface area contributed by atoms with E-state index in [1.165, 1.54) is 0 Å². The highest BCUT2D eigenvalue weighted by Crippen LogP contribution is 2.31. The van der Waals surface area contributed by atoms with Crippen molar-refractivity contribution in [2.45, 2.75) is 6.92 Å². The van der Waals surface area contributed by atoms with Crippen molar-refractivity contribution >= 4 is 22.7 Å². The second-order valence-corrected chi connectivity index (χ2v) is 5.84. The molecule has 4 N–H and O–H groups in total. The lowest BCUT2D eigenvalue weighted by Gasteiger charge is -2.15. The fraction of sp³-hybridized carbons (Fsp3) is 0.0952. The summed E-state index contributed by atoms with van der Waals surface area (Å²) in [6.45, 7) is 2.03. The first-order valence-corrected chi connectivity index (χ1v) is 7.88. The Balaban J connectivity index is 2.20. The molecule has 120 valence electrons. The lowest BCUT2D eigenvalue weighted by atomic mass is 9.90. The van der Waals surface area contributed by atoms with E-state index in [1.807, 2.05) is 37.3 Å². The molecule has 0 saturated heterocycles. The van der Waals surface area contributed by atoms with Crippen LogP contribution in [0, 0.1) is 6.92 Å². The Morgan fingerprint density at radius 3 is 2.04 bits per heavy atom. The van der Waals surface area contributed by atoms with Gasteiger partial charge in [0.25, 0.3) is 0 Å². The van der Waals surface area contributed by atoms with Gasteiger partial charge in [0.05, 0.1) is 5.71 Å². The van der Waals surface area contributed by atoms with Gasteiger partial charge >= 0.3 is 0 Å². The van der Waals surface area contributed by atoms with Crippen LogP contribution in [0.25, 0.3) is 5.57 Å². The maximum Gasteiger partial charge on any atom is 0.0571 e. The Morgan fingerprint density at radius 1 is 0.833 bits per heavy atom. The number of hydrogen-bond donors (Lipinski definition) is 2. The summed E-state index contributed by atoms with van der Waals surface area (Å²) in [6, 6.07) is 14.1. The molecule has 0 unspecified atom stereocenters. The molecule has 3 nitrogen and oxygen atoms in total. The van der Waals surface area contributed by atoms with E-state index in [2.05, 4.69) is 41.4 Å². The Kier molecular flexibility index (Phi) is 4.34. The summed E-state index contributed by atoms with van der Waals surface area (Å²) < 4.78 is 0. The van der Waals surface area contributed by atoms with Crippen LogP contribution in [0.4, 0.5) is 11.4 Å². The monoisotopic (exact) mass is 315 g/mol. The van der Waals surface area contributed by atoms with Crippen molar-refractivity contribution < 1.29 is 0 Å². The summed E-state index contributed by atoms with van der Waals surface area (Å²) in [5.74, 6) is 0. The number of rotatable bonds is 2. The van der Waals surface area contributed by atoms with Gasteiger partial charge in [0, 0.05) is 18.4 Å². The van der Waals surface area contributed by atoms with Gasteiger partial charge in [0.1, 0.15) is 0 Å². The van der Waals surface area contributed by atoms with Gasteiger partial charge in [-0.15, -0.1) is 0 Å². The minimum atomic E-state index is 0.756. The zero-order valence-corrected chi connectivity index (χ0v) is 14.0. The van der Waals surface area contributed by atoms with Gasteiger partial charge in [0.2, 0.25) is 0 Å². The largest absolute Gasteiger partial charge is 0.399 e. The number of hydrogen-bond acceptors (Lipinski definition) is 3. The first kappa shape index (κ1) is 15.8. The molecule has 0 bridgehead atoms. The summed E-state index contributed by atoms with van der Waals surface area (Å²) in [6.07, 6.45) is 8.24. The van der Waals surface area contributed by atoms with E-state index >= 15 is 0 Å². The molecule has 0 heterocycles. The van der Waals surface area contributed by atoms with Gasteiger partial charge in [-0.25, -0.2) is 0 Å². The van der Waals surface area contributed by atoms with E-state index in [9.17, 15) is 0 Å².